The maximum Gasteiger partial charge on any atom is 0.224 e. The van der Waals surface area contributed by atoms with Gasteiger partial charge in [-0.25, -0.2) is 0 Å². The fourth-order valence-electron chi connectivity index (χ4n) is 2.88. The number of rotatable bonds is 6. The fourth-order valence-corrected chi connectivity index (χ4v) is 3.98. The molecule has 4 nitrogen and oxygen atoms in total. The zero-order valence-electron chi connectivity index (χ0n) is 14.4. The van der Waals surface area contributed by atoms with Gasteiger partial charge in [0.25, 0.3) is 0 Å². The molecular formula is C21H17ClN2O2S. The van der Waals surface area contributed by atoms with E-state index in [1.165, 1.54) is 0 Å². The van der Waals surface area contributed by atoms with Gasteiger partial charge in [0.05, 0.1) is 24.3 Å². The van der Waals surface area contributed by atoms with E-state index in [0.717, 1.165) is 32.1 Å². The van der Waals surface area contributed by atoms with Gasteiger partial charge in [0.2, 0.25) is 5.91 Å². The summed E-state index contributed by atoms with van der Waals surface area (Å²) in [4.78, 5) is 17.0. The van der Waals surface area contributed by atoms with Crippen LogP contribution in [0.1, 0.15) is 11.3 Å². The average molecular weight is 397 g/mol. The molecule has 27 heavy (non-hydrogen) atoms. The molecule has 136 valence electrons. The number of hydrogen-bond acceptors (Lipinski definition) is 3. The Bertz CT molecular complexity index is 1060. The Labute approximate surface area is 165 Å². The quantitative estimate of drug-likeness (QED) is 0.457. The predicted molar refractivity (Wildman–Crippen MR) is 108 cm³/mol. The predicted octanol–water partition coefficient (Wildman–Crippen LogP) is 5.42. The third-order valence-electron chi connectivity index (χ3n) is 4.19. The van der Waals surface area contributed by atoms with Crippen LogP contribution >= 0.6 is 23.4 Å². The molecule has 0 aliphatic rings. The first kappa shape index (κ1) is 17.8. The minimum Gasteiger partial charge on any atom is -0.467 e. The Hall–Kier alpha value is -2.63. The van der Waals surface area contributed by atoms with Gasteiger partial charge in [-0.3, -0.25) is 4.79 Å². The molecule has 2 N–H and O–H groups in total. The summed E-state index contributed by atoms with van der Waals surface area (Å²) in [6.07, 6.45) is 1.89. The zero-order valence-corrected chi connectivity index (χ0v) is 15.9. The molecule has 0 spiro atoms. The van der Waals surface area contributed by atoms with E-state index in [-0.39, 0.29) is 5.91 Å². The van der Waals surface area contributed by atoms with Crippen LogP contribution in [0.15, 0.2) is 81.3 Å². The van der Waals surface area contributed by atoms with Crippen LogP contribution in [0.3, 0.4) is 0 Å². The van der Waals surface area contributed by atoms with Crippen molar-refractivity contribution in [2.24, 2.45) is 0 Å². The molecule has 0 radical (unpaired) electrons. The number of amides is 1. The molecule has 0 aliphatic carbocycles. The van der Waals surface area contributed by atoms with Crippen molar-refractivity contribution < 1.29 is 9.21 Å². The molecule has 2 heterocycles. The second kappa shape index (κ2) is 7.94. The van der Waals surface area contributed by atoms with E-state index in [1.807, 2.05) is 60.7 Å². The van der Waals surface area contributed by atoms with Crippen molar-refractivity contribution in [3.05, 3.63) is 83.3 Å². The molecule has 0 bridgehead atoms. The van der Waals surface area contributed by atoms with Crippen molar-refractivity contribution in [3.8, 4) is 0 Å². The molecule has 0 atom stereocenters. The first-order valence-corrected chi connectivity index (χ1v) is 9.70. The highest BCUT2D eigenvalue weighted by Crippen LogP contribution is 2.35. The van der Waals surface area contributed by atoms with Gasteiger partial charge >= 0.3 is 0 Å². The Kier molecular flexibility index (Phi) is 5.23. The second-order valence-electron chi connectivity index (χ2n) is 6.07. The van der Waals surface area contributed by atoms with Crippen LogP contribution in [0.5, 0.6) is 0 Å². The van der Waals surface area contributed by atoms with Crippen LogP contribution in [0.2, 0.25) is 5.02 Å². The molecule has 4 rings (SSSR count). The van der Waals surface area contributed by atoms with Crippen molar-refractivity contribution >= 4 is 40.2 Å². The summed E-state index contributed by atoms with van der Waals surface area (Å²) in [5, 5.41) is 5.64. The van der Waals surface area contributed by atoms with Crippen molar-refractivity contribution in [1.29, 1.82) is 0 Å². The molecule has 0 unspecified atom stereocenters. The number of H-pyrrole nitrogens is 1. The number of hydrogen-bond donors (Lipinski definition) is 2. The van der Waals surface area contributed by atoms with E-state index in [0.29, 0.717) is 18.0 Å². The van der Waals surface area contributed by atoms with Crippen molar-refractivity contribution in [3.63, 3.8) is 0 Å². The molecule has 6 heteroatoms. The van der Waals surface area contributed by atoms with Gasteiger partial charge in [-0.2, -0.15) is 0 Å². The van der Waals surface area contributed by atoms with Gasteiger partial charge in [0.1, 0.15) is 5.76 Å². The Morgan fingerprint density at radius 1 is 1.07 bits per heavy atom. The molecule has 2 aromatic carbocycles. The van der Waals surface area contributed by atoms with Crippen molar-refractivity contribution in [1.82, 2.24) is 10.3 Å². The molecule has 0 aliphatic heterocycles. The van der Waals surface area contributed by atoms with Crippen LogP contribution in [-0.4, -0.2) is 10.9 Å². The van der Waals surface area contributed by atoms with E-state index >= 15 is 0 Å². The Morgan fingerprint density at radius 2 is 1.89 bits per heavy atom. The molecule has 1 amide bonds. The lowest BCUT2D eigenvalue weighted by molar-refractivity contribution is -0.120. The summed E-state index contributed by atoms with van der Waals surface area (Å²) in [5.74, 6) is 0.687. The van der Waals surface area contributed by atoms with Gasteiger partial charge in [0.15, 0.2) is 0 Å². The summed E-state index contributed by atoms with van der Waals surface area (Å²) >= 11 is 7.57. The molecule has 0 saturated carbocycles. The van der Waals surface area contributed by atoms with Crippen LogP contribution in [-0.2, 0) is 17.8 Å². The number of fused-ring (bicyclic) bond motifs is 1. The van der Waals surface area contributed by atoms with E-state index in [9.17, 15) is 4.79 Å². The lowest BCUT2D eigenvalue weighted by Gasteiger charge is -2.06. The Balaban J connectivity index is 1.57. The first-order chi connectivity index (χ1) is 13.2. The summed E-state index contributed by atoms with van der Waals surface area (Å²) in [7, 11) is 0. The SMILES string of the molecule is O=C(Cc1c(Sc2ccc(Cl)cc2)[nH]c2ccccc12)NCc1ccco1. The number of aromatic amines is 1. The molecule has 0 saturated heterocycles. The van der Waals surface area contributed by atoms with Crippen LogP contribution in [0.4, 0.5) is 0 Å². The number of halogens is 1. The van der Waals surface area contributed by atoms with Gasteiger partial charge in [-0.15, -0.1) is 0 Å². The van der Waals surface area contributed by atoms with E-state index in [4.69, 9.17) is 16.0 Å². The number of para-hydroxylation sites is 1. The first-order valence-electron chi connectivity index (χ1n) is 8.51. The van der Waals surface area contributed by atoms with Crippen LogP contribution < -0.4 is 5.32 Å². The Morgan fingerprint density at radius 3 is 2.67 bits per heavy atom. The smallest absolute Gasteiger partial charge is 0.224 e. The molecular weight excluding hydrogens is 380 g/mol. The molecule has 2 aromatic heterocycles. The number of nitrogens with one attached hydrogen (secondary N) is 2. The van der Waals surface area contributed by atoms with Crippen molar-refractivity contribution in [2.45, 2.75) is 22.9 Å². The van der Waals surface area contributed by atoms with E-state index in [1.54, 1.807) is 18.0 Å². The van der Waals surface area contributed by atoms with E-state index < -0.39 is 0 Å². The van der Waals surface area contributed by atoms with Crippen LogP contribution in [0.25, 0.3) is 10.9 Å². The number of aromatic nitrogens is 1. The lowest BCUT2D eigenvalue weighted by atomic mass is 10.1. The largest absolute Gasteiger partial charge is 0.467 e. The lowest BCUT2D eigenvalue weighted by Crippen LogP contribution is -2.24. The number of carbonyl (C=O) groups is 1. The minimum absolute atomic E-state index is 0.0471. The standard InChI is InChI=1S/C21H17ClN2O2S/c22-14-7-9-16(10-8-14)27-21-18(17-5-1-2-6-19(17)24-21)12-20(25)23-13-15-4-3-11-26-15/h1-11,24H,12-13H2,(H,23,25). The normalized spacial score (nSPS) is 11.0. The highest BCUT2D eigenvalue weighted by molar-refractivity contribution is 7.99. The summed E-state index contributed by atoms with van der Waals surface area (Å²) < 4.78 is 5.27. The fraction of sp³-hybridized carbons (Fsp3) is 0.0952. The van der Waals surface area contributed by atoms with Gasteiger partial charge < -0.3 is 14.7 Å². The number of benzene rings is 2. The van der Waals surface area contributed by atoms with Gasteiger partial charge in [0, 0.05) is 26.4 Å². The summed E-state index contributed by atoms with van der Waals surface area (Å²) in [5.41, 5.74) is 2.00. The van der Waals surface area contributed by atoms with Gasteiger partial charge in [-0.05, 0) is 42.5 Å². The number of carbonyl (C=O) groups excluding carboxylic acids is 1. The summed E-state index contributed by atoms with van der Waals surface area (Å²) in [6.45, 7) is 0.383. The average Bonchev–Trinajstić information content (AvgIpc) is 3.31. The number of furan rings is 1. The maximum atomic E-state index is 12.5. The highest BCUT2D eigenvalue weighted by Gasteiger charge is 2.16. The topological polar surface area (TPSA) is 58.0 Å². The second-order valence-corrected chi connectivity index (χ2v) is 7.59. The zero-order chi connectivity index (χ0) is 18.6. The maximum absolute atomic E-state index is 12.5. The summed E-state index contributed by atoms with van der Waals surface area (Å²) in [6, 6.07) is 19.3. The third kappa shape index (κ3) is 4.21. The van der Waals surface area contributed by atoms with Crippen LogP contribution in [0, 0.1) is 0 Å². The minimum atomic E-state index is -0.0471. The monoisotopic (exact) mass is 396 g/mol. The molecule has 4 aromatic rings. The van der Waals surface area contributed by atoms with Gasteiger partial charge in [-0.1, -0.05) is 41.6 Å². The third-order valence-corrected chi connectivity index (χ3v) is 5.50. The van der Waals surface area contributed by atoms with Crippen molar-refractivity contribution in [2.75, 3.05) is 0 Å². The van der Waals surface area contributed by atoms with E-state index in [2.05, 4.69) is 10.3 Å². The highest BCUT2D eigenvalue weighted by atomic mass is 35.5. The molecule has 0 fully saturated rings.